The third kappa shape index (κ3) is 3.32. The number of hydrogen-bond acceptors (Lipinski definition) is 3. The van der Waals surface area contributed by atoms with Crippen molar-refractivity contribution in [1.82, 2.24) is 9.88 Å². The van der Waals surface area contributed by atoms with Gasteiger partial charge in [0.25, 0.3) is 0 Å². The monoisotopic (exact) mass is 300 g/mol. The summed E-state index contributed by atoms with van der Waals surface area (Å²) in [5.74, 6) is 0.0844. The van der Waals surface area contributed by atoms with Gasteiger partial charge >= 0.3 is 0 Å². The Kier molecular flexibility index (Phi) is 4.34. The zero-order valence-corrected chi connectivity index (χ0v) is 13.1. The Morgan fingerprint density at radius 1 is 1.29 bits per heavy atom. The number of nitrogens with zero attached hydrogens (tertiary/aromatic N) is 2. The summed E-state index contributed by atoms with van der Waals surface area (Å²) in [6.45, 7) is 0. The molecule has 0 saturated heterocycles. The fraction of sp³-hybridized carbons (Fsp3) is 0.412. The van der Waals surface area contributed by atoms with E-state index < -0.39 is 0 Å². The maximum absolute atomic E-state index is 12.2. The van der Waals surface area contributed by atoms with E-state index in [0.717, 1.165) is 28.1 Å². The van der Waals surface area contributed by atoms with E-state index in [2.05, 4.69) is 11.1 Å². The number of hydrogen-bond donors (Lipinski definition) is 0. The van der Waals surface area contributed by atoms with Crippen molar-refractivity contribution in [3.05, 3.63) is 35.3 Å². The highest BCUT2D eigenvalue weighted by Gasteiger charge is 2.20. The molecule has 1 saturated carbocycles. The Labute approximate surface area is 129 Å². The number of thiazole rings is 1. The van der Waals surface area contributed by atoms with E-state index in [0.29, 0.717) is 6.04 Å². The Balaban J connectivity index is 1.68. The average molecular weight is 300 g/mol. The minimum atomic E-state index is 0.0844. The van der Waals surface area contributed by atoms with Crippen LogP contribution in [-0.4, -0.2) is 28.9 Å². The van der Waals surface area contributed by atoms with Gasteiger partial charge < -0.3 is 4.90 Å². The molecule has 1 heterocycles. The summed E-state index contributed by atoms with van der Waals surface area (Å²) < 4.78 is 1.16. The number of aromatic nitrogens is 1. The molecule has 1 fully saturated rings. The van der Waals surface area contributed by atoms with Crippen LogP contribution in [-0.2, 0) is 4.79 Å². The predicted octanol–water partition coefficient (Wildman–Crippen LogP) is 4.10. The molecule has 2 aromatic rings. The molecular formula is C17H20N2OS. The van der Waals surface area contributed by atoms with Crippen molar-refractivity contribution in [2.45, 2.75) is 38.1 Å². The molecule has 1 amide bonds. The number of fused-ring (bicyclic) bond motifs is 1. The van der Waals surface area contributed by atoms with Crippen LogP contribution in [0.3, 0.4) is 0 Å². The van der Waals surface area contributed by atoms with Crippen LogP contribution in [0.15, 0.2) is 30.3 Å². The highest BCUT2D eigenvalue weighted by atomic mass is 32.1. The molecule has 3 rings (SSSR count). The van der Waals surface area contributed by atoms with Crippen LogP contribution in [0.2, 0.25) is 0 Å². The van der Waals surface area contributed by atoms with Gasteiger partial charge in [-0.15, -0.1) is 11.3 Å². The molecule has 4 heteroatoms. The van der Waals surface area contributed by atoms with Crippen molar-refractivity contribution < 1.29 is 4.79 Å². The quantitative estimate of drug-likeness (QED) is 0.800. The molecule has 0 bridgehead atoms. The van der Waals surface area contributed by atoms with E-state index in [9.17, 15) is 4.79 Å². The topological polar surface area (TPSA) is 33.2 Å². The first-order chi connectivity index (χ1) is 10.2. The number of para-hydroxylation sites is 1. The van der Waals surface area contributed by atoms with Crippen LogP contribution >= 0.6 is 11.3 Å². The fourth-order valence-electron chi connectivity index (χ4n) is 2.87. The first-order valence-electron chi connectivity index (χ1n) is 7.54. The predicted molar refractivity (Wildman–Crippen MR) is 88.3 cm³/mol. The van der Waals surface area contributed by atoms with Crippen molar-refractivity contribution in [3.63, 3.8) is 0 Å². The van der Waals surface area contributed by atoms with E-state index in [4.69, 9.17) is 0 Å². The second-order valence-electron chi connectivity index (χ2n) is 5.59. The second-order valence-corrected chi connectivity index (χ2v) is 6.66. The molecule has 1 aromatic heterocycles. The lowest BCUT2D eigenvalue weighted by molar-refractivity contribution is -0.127. The van der Waals surface area contributed by atoms with E-state index in [-0.39, 0.29) is 5.91 Å². The summed E-state index contributed by atoms with van der Waals surface area (Å²) in [5.41, 5.74) is 0.996. The molecule has 0 aliphatic heterocycles. The summed E-state index contributed by atoms with van der Waals surface area (Å²) in [6, 6.07) is 8.46. The smallest absolute Gasteiger partial charge is 0.246 e. The van der Waals surface area contributed by atoms with Gasteiger partial charge in [-0.2, -0.15) is 0 Å². The van der Waals surface area contributed by atoms with E-state index in [1.54, 1.807) is 17.4 Å². The highest BCUT2D eigenvalue weighted by Crippen LogP contribution is 2.24. The largest absolute Gasteiger partial charge is 0.339 e. The van der Waals surface area contributed by atoms with Gasteiger partial charge in [0, 0.05) is 19.2 Å². The van der Waals surface area contributed by atoms with E-state index in [1.807, 2.05) is 36.2 Å². The molecule has 0 unspecified atom stereocenters. The zero-order chi connectivity index (χ0) is 14.7. The number of rotatable bonds is 3. The Bertz CT molecular complexity index is 623. The molecule has 1 aliphatic carbocycles. The summed E-state index contributed by atoms with van der Waals surface area (Å²) >= 11 is 1.62. The number of carbonyl (C=O) groups excluding carboxylic acids is 1. The van der Waals surface area contributed by atoms with Gasteiger partial charge in [-0.05, 0) is 31.1 Å². The van der Waals surface area contributed by atoms with Crippen LogP contribution in [0.1, 0.15) is 37.1 Å². The van der Waals surface area contributed by atoms with Gasteiger partial charge in [-0.1, -0.05) is 31.4 Å². The lowest BCUT2D eigenvalue weighted by Crippen LogP contribution is -2.37. The molecule has 110 valence electrons. The third-order valence-electron chi connectivity index (χ3n) is 4.15. The summed E-state index contributed by atoms with van der Waals surface area (Å²) in [7, 11) is 1.92. The number of amides is 1. The molecule has 1 aliphatic rings. The number of carbonyl (C=O) groups is 1. The summed E-state index contributed by atoms with van der Waals surface area (Å²) in [6.07, 6.45) is 9.56. The van der Waals surface area contributed by atoms with Gasteiger partial charge in [0.15, 0.2) is 0 Å². The lowest BCUT2D eigenvalue weighted by atomic mass is 9.94. The van der Waals surface area contributed by atoms with Gasteiger partial charge in [0.05, 0.1) is 10.2 Å². The van der Waals surface area contributed by atoms with Gasteiger partial charge in [0.2, 0.25) is 5.91 Å². The van der Waals surface area contributed by atoms with E-state index in [1.165, 1.54) is 19.3 Å². The first-order valence-corrected chi connectivity index (χ1v) is 8.36. The first kappa shape index (κ1) is 14.3. The van der Waals surface area contributed by atoms with Crippen LogP contribution in [0, 0.1) is 0 Å². The van der Waals surface area contributed by atoms with Crippen molar-refractivity contribution in [1.29, 1.82) is 0 Å². The Morgan fingerprint density at radius 3 is 2.81 bits per heavy atom. The molecule has 0 radical (unpaired) electrons. The van der Waals surface area contributed by atoms with Crippen LogP contribution in [0.25, 0.3) is 16.3 Å². The molecule has 1 aromatic carbocycles. The number of likely N-dealkylation sites (N-methyl/N-ethyl adjacent to an activating group) is 1. The van der Waals surface area contributed by atoms with Gasteiger partial charge in [0.1, 0.15) is 5.01 Å². The summed E-state index contributed by atoms with van der Waals surface area (Å²) in [4.78, 5) is 18.7. The molecule has 3 nitrogen and oxygen atoms in total. The zero-order valence-electron chi connectivity index (χ0n) is 12.3. The fourth-order valence-corrected chi connectivity index (χ4v) is 3.74. The molecule has 0 spiro atoms. The van der Waals surface area contributed by atoms with Crippen molar-refractivity contribution >= 4 is 33.5 Å². The highest BCUT2D eigenvalue weighted by molar-refractivity contribution is 7.19. The van der Waals surface area contributed by atoms with Crippen LogP contribution < -0.4 is 0 Å². The number of benzene rings is 1. The minimum absolute atomic E-state index is 0.0844. The molecule has 0 N–H and O–H groups in total. The molecular weight excluding hydrogens is 280 g/mol. The average Bonchev–Trinajstić information content (AvgIpc) is 2.95. The van der Waals surface area contributed by atoms with Gasteiger partial charge in [-0.25, -0.2) is 4.98 Å². The van der Waals surface area contributed by atoms with Gasteiger partial charge in [-0.3, -0.25) is 4.79 Å². The summed E-state index contributed by atoms with van der Waals surface area (Å²) in [5, 5.41) is 0.890. The second kappa shape index (κ2) is 6.39. The minimum Gasteiger partial charge on any atom is -0.339 e. The Hall–Kier alpha value is -1.68. The van der Waals surface area contributed by atoms with Crippen molar-refractivity contribution in [3.8, 4) is 0 Å². The Morgan fingerprint density at radius 2 is 2.05 bits per heavy atom. The standard InChI is InChI=1S/C17H20N2OS/c1-19(13-7-3-2-4-8-13)17(20)12-11-16-18-14-9-5-6-10-15(14)21-16/h5-6,9-13H,2-4,7-8H2,1H3/b12-11+. The third-order valence-corrected chi connectivity index (χ3v) is 5.15. The maximum Gasteiger partial charge on any atom is 0.246 e. The normalized spacial score (nSPS) is 16.6. The lowest BCUT2D eigenvalue weighted by Gasteiger charge is -2.30. The maximum atomic E-state index is 12.2. The van der Waals surface area contributed by atoms with Crippen molar-refractivity contribution in [2.24, 2.45) is 0 Å². The SMILES string of the molecule is CN(C(=O)/C=C/c1nc2ccccc2s1)C1CCCCC1. The molecule has 21 heavy (non-hydrogen) atoms. The van der Waals surface area contributed by atoms with Crippen LogP contribution in [0.5, 0.6) is 0 Å². The van der Waals surface area contributed by atoms with E-state index >= 15 is 0 Å². The van der Waals surface area contributed by atoms with Crippen molar-refractivity contribution in [2.75, 3.05) is 7.05 Å². The molecule has 0 atom stereocenters. The van der Waals surface area contributed by atoms with Crippen LogP contribution in [0.4, 0.5) is 0 Å².